The molecule has 0 aliphatic rings. The van der Waals surface area contributed by atoms with Crippen molar-refractivity contribution in [3.05, 3.63) is 84.1 Å². The molecule has 0 atom stereocenters. The fourth-order valence-electron chi connectivity index (χ4n) is 2.49. The summed E-state index contributed by atoms with van der Waals surface area (Å²) >= 11 is 0. The largest absolute Gasteiger partial charge is 0.497 e. The van der Waals surface area contributed by atoms with Gasteiger partial charge in [-0.3, -0.25) is 0 Å². The van der Waals surface area contributed by atoms with Crippen LogP contribution in [0.25, 0.3) is 0 Å². The van der Waals surface area contributed by atoms with Crippen LogP contribution in [0.2, 0.25) is 0 Å². The molecule has 0 fully saturated rings. The first kappa shape index (κ1) is 18.2. The lowest BCUT2D eigenvalue weighted by Gasteiger charge is -2.21. The Labute approximate surface area is 151 Å². The minimum atomic E-state index is -3.83. The number of nitrogens with zero attached hydrogens (tertiary/aromatic N) is 1. The van der Waals surface area contributed by atoms with E-state index in [9.17, 15) is 12.8 Å². The van der Waals surface area contributed by atoms with Gasteiger partial charge in [-0.1, -0.05) is 12.1 Å². The van der Waals surface area contributed by atoms with Crippen LogP contribution in [0.3, 0.4) is 0 Å². The van der Waals surface area contributed by atoms with E-state index in [1.807, 2.05) is 0 Å². The smallest absolute Gasteiger partial charge is 0.243 e. The van der Waals surface area contributed by atoms with E-state index >= 15 is 0 Å². The zero-order valence-corrected chi connectivity index (χ0v) is 14.9. The molecule has 1 heterocycles. The molecule has 3 aromatic rings. The third-order valence-electron chi connectivity index (χ3n) is 3.88. The topological polar surface area (TPSA) is 59.8 Å². The Bertz CT molecular complexity index is 936. The SMILES string of the molecule is COc1ccc(CN(Cc2ccco2)S(=O)(=O)c2ccc(F)cc2)cc1. The molecule has 7 heteroatoms. The molecule has 136 valence electrons. The molecule has 0 unspecified atom stereocenters. The van der Waals surface area contributed by atoms with Crippen LogP contribution in [0.4, 0.5) is 4.39 Å². The predicted octanol–water partition coefficient (Wildman–Crippen LogP) is 3.82. The summed E-state index contributed by atoms with van der Waals surface area (Å²) in [4.78, 5) is 0.0268. The van der Waals surface area contributed by atoms with Crippen LogP contribution < -0.4 is 4.74 Å². The number of ether oxygens (including phenoxy) is 1. The Morgan fingerprint density at radius 2 is 1.69 bits per heavy atom. The Morgan fingerprint density at radius 3 is 2.27 bits per heavy atom. The molecule has 0 N–H and O–H groups in total. The molecule has 26 heavy (non-hydrogen) atoms. The van der Waals surface area contributed by atoms with Crippen molar-refractivity contribution in [3.8, 4) is 5.75 Å². The molecule has 0 radical (unpaired) electrons. The molecule has 0 aliphatic heterocycles. The van der Waals surface area contributed by atoms with Crippen LogP contribution in [0.15, 0.2) is 76.2 Å². The van der Waals surface area contributed by atoms with Crippen LogP contribution in [-0.2, 0) is 23.1 Å². The van der Waals surface area contributed by atoms with Gasteiger partial charge in [-0.05, 0) is 54.1 Å². The molecule has 0 spiro atoms. The molecule has 0 amide bonds. The van der Waals surface area contributed by atoms with Crippen LogP contribution >= 0.6 is 0 Å². The number of hydrogen-bond donors (Lipinski definition) is 0. The van der Waals surface area contributed by atoms with E-state index in [1.54, 1.807) is 43.5 Å². The van der Waals surface area contributed by atoms with E-state index in [2.05, 4.69) is 0 Å². The van der Waals surface area contributed by atoms with Crippen molar-refractivity contribution in [1.82, 2.24) is 4.31 Å². The van der Waals surface area contributed by atoms with E-state index in [1.165, 1.54) is 22.7 Å². The fraction of sp³-hybridized carbons (Fsp3) is 0.158. The first-order valence-corrected chi connectivity index (χ1v) is 9.34. The van der Waals surface area contributed by atoms with Gasteiger partial charge in [-0.25, -0.2) is 12.8 Å². The summed E-state index contributed by atoms with van der Waals surface area (Å²) in [5, 5.41) is 0. The summed E-state index contributed by atoms with van der Waals surface area (Å²) in [7, 11) is -2.27. The molecule has 3 rings (SSSR count). The quantitative estimate of drug-likeness (QED) is 0.630. The minimum absolute atomic E-state index is 0.0268. The number of furan rings is 1. The summed E-state index contributed by atoms with van der Waals surface area (Å²) in [6, 6.07) is 15.3. The van der Waals surface area contributed by atoms with Crippen LogP contribution in [0.5, 0.6) is 5.75 Å². The van der Waals surface area contributed by atoms with Gasteiger partial charge in [-0.15, -0.1) is 0 Å². The number of sulfonamides is 1. The lowest BCUT2D eigenvalue weighted by atomic mass is 10.2. The number of hydrogen-bond acceptors (Lipinski definition) is 4. The molecule has 5 nitrogen and oxygen atoms in total. The van der Waals surface area contributed by atoms with Crippen LogP contribution in [-0.4, -0.2) is 19.8 Å². The van der Waals surface area contributed by atoms with Crippen LogP contribution in [0.1, 0.15) is 11.3 Å². The van der Waals surface area contributed by atoms with E-state index < -0.39 is 15.8 Å². The number of halogens is 1. The first-order valence-electron chi connectivity index (χ1n) is 7.90. The van der Waals surface area contributed by atoms with Gasteiger partial charge in [0.25, 0.3) is 0 Å². The normalized spacial score (nSPS) is 11.7. The summed E-state index contributed by atoms with van der Waals surface area (Å²) in [5.74, 6) is 0.716. The van der Waals surface area contributed by atoms with Gasteiger partial charge in [0.15, 0.2) is 0 Å². The Balaban J connectivity index is 1.92. The van der Waals surface area contributed by atoms with Gasteiger partial charge < -0.3 is 9.15 Å². The summed E-state index contributed by atoms with van der Waals surface area (Å²) < 4.78 is 51.0. The zero-order chi connectivity index (χ0) is 18.6. The highest BCUT2D eigenvalue weighted by Crippen LogP contribution is 2.22. The summed E-state index contributed by atoms with van der Waals surface area (Å²) in [6.45, 7) is 0.211. The van der Waals surface area contributed by atoms with E-state index in [4.69, 9.17) is 9.15 Å². The monoisotopic (exact) mass is 375 g/mol. The maximum atomic E-state index is 13.2. The second-order valence-electron chi connectivity index (χ2n) is 5.65. The van der Waals surface area contributed by atoms with Crippen molar-refractivity contribution in [1.29, 1.82) is 0 Å². The highest BCUT2D eigenvalue weighted by Gasteiger charge is 2.26. The molecule has 0 bridgehead atoms. The Kier molecular flexibility index (Phi) is 5.39. The Morgan fingerprint density at radius 1 is 1.00 bits per heavy atom. The molecule has 1 aromatic heterocycles. The lowest BCUT2D eigenvalue weighted by Crippen LogP contribution is -2.30. The second kappa shape index (κ2) is 7.72. The average molecular weight is 375 g/mol. The minimum Gasteiger partial charge on any atom is -0.497 e. The highest BCUT2D eigenvalue weighted by atomic mass is 32.2. The van der Waals surface area contributed by atoms with Crippen molar-refractivity contribution in [2.45, 2.75) is 18.0 Å². The van der Waals surface area contributed by atoms with Crippen molar-refractivity contribution in [2.24, 2.45) is 0 Å². The van der Waals surface area contributed by atoms with Crippen molar-refractivity contribution < 1.29 is 22.0 Å². The van der Waals surface area contributed by atoms with Gasteiger partial charge in [0.2, 0.25) is 10.0 Å². The van der Waals surface area contributed by atoms with E-state index in [-0.39, 0.29) is 18.0 Å². The van der Waals surface area contributed by atoms with Gasteiger partial charge in [0.1, 0.15) is 17.3 Å². The zero-order valence-electron chi connectivity index (χ0n) is 14.1. The third-order valence-corrected chi connectivity index (χ3v) is 5.69. The molecule has 0 aliphatic carbocycles. The van der Waals surface area contributed by atoms with E-state index in [0.29, 0.717) is 11.5 Å². The summed E-state index contributed by atoms with van der Waals surface area (Å²) in [5.41, 5.74) is 0.794. The second-order valence-corrected chi connectivity index (χ2v) is 7.59. The Hall–Kier alpha value is -2.64. The van der Waals surface area contributed by atoms with Crippen molar-refractivity contribution >= 4 is 10.0 Å². The lowest BCUT2D eigenvalue weighted by molar-refractivity contribution is 0.358. The molecule has 2 aromatic carbocycles. The van der Waals surface area contributed by atoms with Gasteiger partial charge in [0.05, 0.1) is 24.8 Å². The van der Waals surface area contributed by atoms with Gasteiger partial charge >= 0.3 is 0 Å². The molecule has 0 saturated carbocycles. The van der Waals surface area contributed by atoms with Crippen LogP contribution in [0, 0.1) is 5.82 Å². The maximum Gasteiger partial charge on any atom is 0.243 e. The standard InChI is InChI=1S/C19H18FNO4S/c1-24-17-8-4-15(5-9-17)13-21(14-18-3-2-12-25-18)26(22,23)19-10-6-16(20)7-11-19/h2-12H,13-14H2,1H3. The fourth-order valence-corrected chi connectivity index (χ4v) is 3.89. The maximum absolute atomic E-state index is 13.2. The van der Waals surface area contributed by atoms with Crippen molar-refractivity contribution in [2.75, 3.05) is 7.11 Å². The van der Waals surface area contributed by atoms with E-state index in [0.717, 1.165) is 17.7 Å². The number of methoxy groups -OCH3 is 1. The highest BCUT2D eigenvalue weighted by molar-refractivity contribution is 7.89. The summed E-state index contributed by atoms with van der Waals surface area (Å²) in [6.07, 6.45) is 1.49. The molecule has 0 saturated heterocycles. The first-order chi connectivity index (χ1) is 12.5. The number of rotatable bonds is 7. The third kappa shape index (κ3) is 4.12. The number of benzene rings is 2. The van der Waals surface area contributed by atoms with Gasteiger partial charge in [-0.2, -0.15) is 4.31 Å². The van der Waals surface area contributed by atoms with Crippen molar-refractivity contribution in [3.63, 3.8) is 0 Å². The van der Waals surface area contributed by atoms with Gasteiger partial charge in [0, 0.05) is 6.54 Å². The predicted molar refractivity (Wildman–Crippen MR) is 94.5 cm³/mol. The molecular weight excluding hydrogens is 357 g/mol. The molecular formula is C19H18FNO4S. The average Bonchev–Trinajstić information content (AvgIpc) is 3.15.